The van der Waals surface area contributed by atoms with Crippen LogP contribution in [-0.2, 0) is 9.53 Å². The molecule has 3 N–H and O–H groups in total. The van der Waals surface area contributed by atoms with Gasteiger partial charge in [0, 0.05) is 23.5 Å². The summed E-state index contributed by atoms with van der Waals surface area (Å²) in [5.41, 5.74) is 1.30. The molecular formula is C19H18N2O5. The Labute approximate surface area is 150 Å². The molecule has 1 fully saturated rings. The van der Waals surface area contributed by atoms with E-state index in [9.17, 15) is 14.4 Å². The third-order valence-corrected chi connectivity index (χ3v) is 3.98. The summed E-state index contributed by atoms with van der Waals surface area (Å²) in [6, 6.07) is 12.5. The van der Waals surface area contributed by atoms with Crippen LogP contribution in [0.5, 0.6) is 0 Å². The minimum atomic E-state index is -1.10. The van der Waals surface area contributed by atoms with Crippen molar-refractivity contribution in [1.82, 2.24) is 0 Å². The lowest BCUT2D eigenvalue weighted by Gasteiger charge is -2.12. The predicted molar refractivity (Wildman–Crippen MR) is 95.4 cm³/mol. The normalized spacial score (nSPS) is 16.1. The lowest BCUT2D eigenvalue weighted by atomic mass is 10.1. The molecule has 1 aliphatic rings. The SMILES string of the molecule is O=C(O)c1cccc(C(=O)Nc2cccc(NC(=O)[C@@H]3CCCO3)c2)c1. The van der Waals surface area contributed by atoms with Gasteiger partial charge in [0.05, 0.1) is 5.56 Å². The minimum absolute atomic E-state index is 0.0372. The Morgan fingerprint density at radius 2 is 1.65 bits per heavy atom. The quantitative estimate of drug-likeness (QED) is 0.766. The number of hydrogen-bond acceptors (Lipinski definition) is 4. The number of carboxylic acids is 1. The number of ether oxygens (including phenoxy) is 1. The van der Waals surface area contributed by atoms with Crippen molar-refractivity contribution in [1.29, 1.82) is 0 Å². The first-order chi connectivity index (χ1) is 12.5. The molecule has 0 radical (unpaired) electrons. The highest BCUT2D eigenvalue weighted by Crippen LogP contribution is 2.19. The van der Waals surface area contributed by atoms with E-state index < -0.39 is 18.0 Å². The third-order valence-electron chi connectivity index (χ3n) is 3.98. The van der Waals surface area contributed by atoms with E-state index in [2.05, 4.69) is 10.6 Å². The maximum Gasteiger partial charge on any atom is 0.335 e. The number of hydrogen-bond donors (Lipinski definition) is 3. The van der Waals surface area contributed by atoms with Crippen molar-refractivity contribution in [2.75, 3.05) is 17.2 Å². The highest BCUT2D eigenvalue weighted by Gasteiger charge is 2.23. The minimum Gasteiger partial charge on any atom is -0.478 e. The molecule has 2 aromatic carbocycles. The molecular weight excluding hydrogens is 336 g/mol. The van der Waals surface area contributed by atoms with Gasteiger partial charge in [-0.25, -0.2) is 4.79 Å². The molecule has 0 bridgehead atoms. The van der Waals surface area contributed by atoms with Crippen LogP contribution in [0.1, 0.15) is 33.6 Å². The van der Waals surface area contributed by atoms with E-state index in [4.69, 9.17) is 9.84 Å². The van der Waals surface area contributed by atoms with Crippen LogP contribution >= 0.6 is 0 Å². The van der Waals surface area contributed by atoms with Gasteiger partial charge in [0.2, 0.25) is 0 Å². The van der Waals surface area contributed by atoms with Crippen LogP contribution in [0.4, 0.5) is 11.4 Å². The molecule has 7 nitrogen and oxygen atoms in total. The molecule has 0 aliphatic carbocycles. The zero-order valence-corrected chi connectivity index (χ0v) is 13.9. The Morgan fingerprint density at radius 3 is 2.35 bits per heavy atom. The van der Waals surface area contributed by atoms with Crippen molar-refractivity contribution >= 4 is 29.2 Å². The van der Waals surface area contributed by atoms with E-state index >= 15 is 0 Å². The fourth-order valence-corrected chi connectivity index (χ4v) is 2.68. The maximum absolute atomic E-state index is 12.3. The van der Waals surface area contributed by atoms with Gasteiger partial charge < -0.3 is 20.5 Å². The number of nitrogens with one attached hydrogen (secondary N) is 2. The number of carboxylic acid groups (broad SMARTS) is 1. The van der Waals surface area contributed by atoms with Crippen LogP contribution in [0.2, 0.25) is 0 Å². The van der Waals surface area contributed by atoms with E-state index in [1.54, 1.807) is 24.3 Å². The first-order valence-corrected chi connectivity index (χ1v) is 8.20. The summed E-state index contributed by atoms with van der Waals surface area (Å²) in [6.45, 7) is 0.587. The second kappa shape index (κ2) is 7.79. The van der Waals surface area contributed by atoms with Crippen LogP contribution < -0.4 is 10.6 Å². The van der Waals surface area contributed by atoms with E-state index in [-0.39, 0.29) is 17.0 Å². The van der Waals surface area contributed by atoms with Gasteiger partial charge in [0.15, 0.2) is 0 Å². The summed E-state index contributed by atoms with van der Waals surface area (Å²) >= 11 is 0. The number of benzene rings is 2. The van der Waals surface area contributed by atoms with E-state index in [1.807, 2.05) is 0 Å². The maximum atomic E-state index is 12.3. The number of anilines is 2. The van der Waals surface area contributed by atoms with E-state index in [0.29, 0.717) is 24.4 Å². The fourth-order valence-electron chi connectivity index (χ4n) is 2.68. The first kappa shape index (κ1) is 17.6. The Morgan fingerprint density at radius 1 is 0.962 bits per heavy atom. The molecule has 3 rings (SSSR count). The Kier molecular flexibility index (Phi) is 5.28. The summed E-state index contributed by atoms with van der Waals surface area (Å²) < 4.78 is 5.34. The lowest BCUT2D eigenvalue weighted by molar-refractivity contribution is -0.124. The van der Waals surface area contributed by atoms with Gasteiger partial charge in [-0.1, -0.05) is 12.1 Å². The summed E-state index contributed by atoms with van der Waals surface area (Å²) in [4.78, 5) is 35.4. The van der Waals surface area contributed by atoms with E-state index in [1.165, 1.54) is 24.3 Å². The zero-order valence-electron chi connectivity index (χ0n) is 13.9. The molecule has 0 saturated carbocycles. The molecule has 1 atom stereocenters. The van der Waals surface area contributed by atoms with Gasteiger partial charge in [-0.05, 0) is 49.2 Å². The summed E-state index contributed by atoms with van der Waals surface area (Å²) in [6.07, 6.45) is 1.12. The second-order valence-electron chi connectivity index (χ2n) is 5.91. The van der Waals surface area contributed by atoms with Gasteiger partial charge >= 0.3 is 5.97 Å². The van der Waals surface area contributed by atoms with Crippen molar-refractivity contribution in [2.45, 2.75) is 18.9 Å². The van der Waals surface area contributed by atoms with Crippen molar-refractivity contribution in [3.05, 3.63) is 59.7 Å². The van der Waals surface area contributed by atoms with E-state index in [0.717, 1.165) is 6.42 Å². The van der Waals surface area contributed by atoms with Crippen molar-refractivity contribution in [2.24, 2.45) is 0 Å². The molecule has 1 aliphatic heterocycles. The number of aromatic carboxylic acids is 1. The summed E-state index contributed by atoms with van der Waals surface area (Å²) in [5, 5.41) is 14.5. The molecule has 0 aromatic heterocycles. The van der Waals surface area contributed by atoms with Crippen LogP contribution in [-0.4, -0.2) is 35.6 Å². The van der Waals surface area contributed by atoms with Gasteiger partial charge in [-0.2, -0.15) is 0 Å². The largest absolute Gasteiger partial charge is 0.478 e. The van der Waals surface area contributed by atoms with Gasteiger partial charge in [-0.3, -0.25) is 9.59 Å². The van der Waals surface area contributed by atoms with Crippen LogP contribution in [0.25, 0.3) is 0 Å². The predicted octanol–water partition coefficient (Wildman–Crippen LogP) is 2.75. The van der Waals surface area contributed by atoms with Crippen molar-refractivity contribution in [3.63, 3.8) is 0 Å². The van der Waals surface area contributed by atoms with Crippen LogP contribution in [0, 0.1) is 0 Å². The second-order valence-corrected chi connectivity index (χ2v) is 5.91. The standard InChI is InChI=1S/C19H18N2O5/c22-17(12-4-1-5-13(10-12)19(24)25)20-14-6-2-7-15(11-14)21-18(23)16-8-3-9-26-16/h1-2,4-7,10-11,16H,3,8-9H2,(H,20,22)(H,21,23)(H,24,25)/t16-/m0/s1. The average Bonchev–Trinajstić information content (AvgIpc) is 3.17. The molecule has 134 valence electrons. The fraction of sp³-hybridized carbons (Fsp3) is 0.211. The first-order valence-electron chi connectivity index (χ1n) is 8.20. The Hall–Kier alpha value is -3.19. The topological polar surface area (TPSA) is 105 Å². The molecule has 1 heterocycles. The molecule has 26 heavy (non-hydrogen) atoms. The Bertz CT molecular complexity index is 843. The van der Waals surface area contributed by atoms with Gasteiger partial charge in [-0.15, -0.1) is 0 Å². The number of carbonyl (C=O) groups is 3. The monoisotopic (exact) mass is 354 g/mol. The zero-order chi connectivity index (χ0) is 18.5. The molecule has 1 saturated heterocycles. The summed E-state index contributed by atoms with van der Waals surface area (Å²) in [5.74, 6) is -1.74. The molecule has 0 spiro atoms. The average molecular weight is 354 g/mol. The number of rotatable bonds is 5. The van der Waals surface area contributed by atoms with Crippen molar-refractivity contribution < 1.29 is 24.2 Å². The highest BCUT2D eigenvalue weighted by atomic mass is 16.5. The molecule has 7 heteroatoms. The third kappa shape index (κ3) is 4.25. The Balaban J connectivity index is 1.68. The lowest BCUT2D eigenvalue weighted by Crippen LogP contribution is -2.26. The summed E-state index contributed by atoms with van der Waals surface area (Å²) in [7, 11) is 0. The van der Waals surface area contributed by atoms with Crippen LogP contribution in [0.15, 0.2) is 48.5 Å². The molecule has 2 amide bonds. The van der Waals surface area contributed by atoms with Crippen LogP contribution in [0.3, 0.4) is 0 Å². The smallest absolute Gasteiger partial charge is 0.335 e. The number of carbonyl (C=O) groups excluding carboxylic acids is 2. The van der Waals surface area contributed by atoms with Gasteiger partial charge in [0.25, 0.3) is 11.8 Å². The van der Waals surface area contributed by atoms with Crippen molar-refractivity contribution in [3.8, 4) is 0 Å². The van der Waals surface area contributed by atoms with Gasteiger partial charge in [0.1, 0.15) is 6.10 Å². The number of amides is 2. The molecule has 0 unspecified atom stereocenters. The highest BCUT2D eigenvalue weighted by molar-refractivity contribution is 6.06. The molecule has 2 aromatic rings.